The Balaban J connectivity index is 3.32. The van der Waals surface area contributed by atoms with Gasteiger partial charge in [-0.2, -0.15) is 0 Å². The van der Waals surface area contributed by atoms with Gasteiger partial charge in [-0.15, -0.1) is 0 Å². The normalized spacial score (nSPS) is 12.6. The number of carbonyl (C=O) groups is 1. The quantitative estimate of drug-likeness (QED) is 0.818. The fourth-order valence-corrected chi connectivity index (χ4v) is 1.79. The van der Waals surface area contributed by atoms with E-state index in [9.17, 15) is 4.79 Å². The predicted molar refractivity (Wildman–Crippen MR) is 57.0 cm³/mol. The van der Waals surface area contributed by atoms with Gasteiger partial charge in [0.2, 0.25) is 0 Å². The number of benzene rings is 1. The summed E-state index contributed by atoms with van der Waals surface area (Å²) in [5.74, 6) is -1.33. The first kappa shape index (κ1) is 11.1. The number of hydrogen-bond acceptors (Lipinski definition) is 1. The van der Waals surface area contributed by atoms with Crippen LogP contribution in [0.25, 0.3) is 0 Å². The molecule has 1 N–H and O–H groups in total. The second-order valence-corrected chi connectivity index (χ2v) is 3.87. The Labute approximate surface area is 88.5 Å². The van der Waals surface area contributed by atoms with Gasteiger partial charge in [0.05, 0.1) is 5.92 Å². The summed E-state index contributed by atoms with van der Waals surface area (Å²) in [6.45, 7) is 5.43. The zero-order valence-corrected chi connectivity index (χ0v) is 9.22. The third-order valence-corrected chi connectivity index (χ3v) is 2.88. The Morgan fingerprint density at radius 2 is 2.00 bits per heavy atom. The molecule has 1 unspecified atom stereocenters. The summed E-state index contributed by atoms with van der Waals surface area (Å²) >= 11 is 5.94. The molecule has 0 fully saturated rings. The monoisotopic (exact) mass is 212 g/mol. The third kappa shape index (κ3) is 1.90. The van der Waals surface area contributed by atoms with E-state index in [0.717, 1.165) is 16.7 Å². The van der Waals surface area contributed by atoms with Crippen LogP contribution in [0.5, 0.6) is 0 Å². The molecule has 1 aromatic rings. The topological polar surface area (TPSA) is 37.3 Å². The molecular weight excluding hydrogens is 200 g/mol. The highest BCUT2D eigenvalue weighted by atomic mass is 35.5. The maximum atomic E-state index is 10.9. The van der Waals surface area contributed by atoms with Crippen LogP contribution in [0, 0.1) is 13.8 Å². The van der Waals surface area contributed by atoms with Gasteiger partial charge in [-0.1, -0.05) is 17.7 Å². The van der Waals surface area contributed by atoms with Gasteiger partial charge < -0.3 is 5.11 Å². The molecule has 0 bridgehead atoms. The van der Waals surface area contributed by atoms with E-state index >= 15 is 0 Å². The van der Waals surface area contributed by atoms with Gasteiger partial charge in [-0.05, 0) is 43.5 Å². The van der Waals surface area contributed by atoms with Crippen LogP contribution in [0.3, 0.4) is 0 Å². The lowest BCUT2D eigenvalue weighted by atomic mass is 9.92. The lowest BCUT2D eigenvalue weighted by Crippen LogP contribution is -2.10. The summed E-state index contributed by atoms with van der Waals surface area (Å²) in [5.41, 5.74) is 2.66. The van der Waals surface area contributed by atoms with Crippen molar-refractivity contribution in [2.24, 2.45) is 0 Å². The molecule has 0 saturated carbocycles. The SMILES string of the molecule is Cc1ccc(Cl)c(C)c1C(C)C(=O)O. The van der Waals surface area contributed by atoms with Gasteiger partial charge in [0.25, 0.3) is 0 Å². The molecule has 1 aromatic carbocycles. The van der Waals surface area contributed by atoms with Gasteiger partial charge in [0, 0.05) is 5.02 Å². The molecule has 0 heterocycles. The number of halogens is 1. The molecule has 0 aromatic heterocycles. The molecule has 0 amide bonds. The van der Waals surface area contributed by atoms with Crippen molar-refractivity contribution in [3.63, 3.8) is 0 Å². The van der Waals surface area contributed by atoms with E-state index in [2.05, 4.69) is 0 Å². The Hall–Kier alpha value is -1.02. The number of carboxylic acids is 1. The summed E-state index contributed by atoms with van der Waals surface area (Å²) in [7, 11) is 0. The highest BCUT2D eigenvalue weighted by Gasteiger charge is 2.19. The molecule has 14 heavy (non-hydrogen) atoms. The maximum Gasteiger partial charge on any atom is 0.310 e. The highest BCUT2D eigenvalue weighted by Crippen LogP contribution is 2.28. The number of hydrogen-bond donors (Lipinski definition) is 1. The molecule has 76 valence electrons. The average Bonchev–Trinajstić information content (AvgIpc) is 2.12. The Kier molecular flexibility index (Phi) is 3.17. The minimum absolute atomic E-state index is 0.506. The smallest absolute Gasteiger partial charge is 0.310 e. The van der Waals surface area contributed by atoms with E-state index in [-0.39, 0.29) is 0 Å². The number of aryl methyl sites for hydroxylation is 1. The van der Waals surface area contributed by atoms with E-state index in [1.54, 1.807) is 13.0 Å². The fraction of sp³-hybridized carbons (Fsp3) is 0.364. The van der Waals surface area contributed by atoms with Gasteiger partial charge >= 0.3 is 5.97 Å². The largest absolute Gasteiger partial charge is 0.481 e. The Morgan fingerprint density at radius 1 is 1.43 bits per heavy atom. The van der Waals surface area contributed by atoms with Crippen molar-refractivity contribution in [1.29, 1.82) is 0 Å². The van der Waals surface area contributed by atoms with Crippen molar-refractivity contribution < 1.29 is 9.90 Å². The minimum atomic E-state index is -0.821. The van der Waals surface area contributed by atoms with Crippen molar-refractivity contribution in [3.05, 3.63) is 33.8 Å². The first-order valence-corrected chi connectivity index (χ1v) is 4.81. The zero-order chi connectivity index (χ0) is 10.9. The van der Waals surface area contributed by atoms with E-state index < -0.39 is 11.9 Å². The molecule has 3 heteroatoms. The van der Waals surface area contributed by atoms with Crippen molar-refractivity contribution in [3.8, 4) is 0 Å². The van der Waals surface area contributed by atoms with E-state index in [1.165, 1.54) is 0 Å². The molecule has 0 aliphatic rings. The second-order valence-electron chi connectivity index (χ2n) is 3.46. The van der Waals surface area contributed by atoms with Crippen LogP contribution < -0.4 is 0 Å². The van der Waals surface area contributed by atoms with Gasteiger partial charge in [0.15, 0.2) is 0 Å². The number of carboxylic acid groups (broad SMARTS) is 1. The first-order chi connectivity index (χ1) is 6.45. The molecule has 0 aliphatic carbocycles. The molecule has 0 spiro atoms. The maximum absolute atomic E-state index is 10.9. The van der Waals surface area contributed by atoms with E-state index in [4.69, 9.17) is 16.7 Å². The molecule has 0 aliphatic heterocycles. The lowest BCUT2D eigenvalue weighted by Gasteiger charge is -2.14. The van der Waals surface area contributed by atoms with Crippen molar-refractivity contribution in [2.75, 3.05) is 0 Å². The molecule has 1 rings (SSSR count). The summed E-state index contributed by atoms with van der Waals surface area (Å²) < 4.78 is 0. The third-order valence-electron chi connectivity index (χ3n) is 2.47. The molecular formula is C11H13ClO2. The van der Waals surface area contributed by atoms with E-state index in [0.29, 0.717) is 5.02 Å². The average molecular weight is 213 g/mol. The molecule has 2 nitrogen and oxygen atoms in total. The van der Waals surface area contributed by atoms with Crippen LogP contribution in [0.1, 0.15) is 29.5 Å². The second kappa shape index (κ2) is 4.01. The zero-order valence-electron chi connectivity index (χ0n) is 8.47. The van der Waals surface area contributed by atoms with Crippen molar-refractivity contribution in [1.82, 2.24) is 0 Å². The Bertz CT molecular complexity index is 372. The molecule has 1 atom stereocenters. The number of rotatable bonds is 2. The standard InChI is InChI=1S/C11H13ClO2/c1-6-4-5-9(12)7(2)10(6)8(3)11(13)14/h4-5,8H,1-3H3,(H,13,14). The summed E-state index contributed by atoms with van der Waals surface area (Å²) in [5, 5.41) is 9.56. The summed E-state index contributed by atoms with van der Waals surface area (Å²) in [6.07, 6.45) is 0. The van der Waals surface area contributed by atoms with Crippen LogP contribution in [0.4, 0.5) is 0 Å². The number of aliphatic carboxylic acids is 1. The predicted octanol–water partition coefficient (Wildman–Crippen LogP) is 3.14. The minimum Gasteiger partial charge on any atom is -0.481 e. The fourth-order valence-electron chi connectivity index (χ4n) is 1.63. The van der Waals surface area contributed by atoms with Crippen LogP contribution >= 0.6 is 11.6 Å². The van der Waals surface area contributed by atoms with Crippen LogP contribution in [-0.4, -0.2) is 11.1 Å². The lowest BCUT2D eigenvalue weighted by molar-refractivity contribution is -0.138. The summed E-state index contributed by atoms with van der Waals surface area (Å²) in [6, 6.07) is 3.65. The Morgan fingerprint density at radius 3 is 2.50 bits per heavy atom. The summed E-state index contributed by atoms with van der Waals surface area (Å²) in [4.78, 5) is 10.9. The van der Waals surface area contributed by atoms with E-state index in [1.807, 2.05) is 19.9 Å². The molecule has 0 saturated heterocycles. The molecule has 0 radical (unpaired) electrons. The van der Waals surface area contributed by atoms with Crippen molar-refractivity contribution >= 4 is 17.6 Å². The van der Waals surface area contributed by atoms with Gasteiger partial charge in [0.1, 0.15) is 0 Å². The van der Waals surface area contributed by atoms with Gasteiger partial charge in [-0.3, -0.25) is 4.79 Å². The van der Waals surface area contributed by atoms with Crippen LogP contribution in [-0.2, 0) is 4.79 Å². The highest BCUT2D eigenvalue weighted by molar-refractivity contribution is 6.31. The van der Waals surface area contributed by atoms with Crippen molar-refractivity contribution in [2.45, 2.75) is 26.7 Å². The van der Waals surface area contributed by atoms with Gasteiger partial charge in [-0.25, -0.2) is 0 Å². The first-order valence-electron chi connectivity index (χ1n) is 4.43. The van der Waals surface area contributed by atoms with Crippen LogP contribution in [0.15, 0.2) is 12.1 Å². The van der Waals surface area contributed by atoms with Crippen LogP contribution in [0.2, 0.25) is 5.02 Å².